The van der Waals surface area contributed by atoms with E-state index in [9.17, 15) is 39.0 Å². The molecule has 4 rings (SSSR count). The average molecular weight is 452 g/mol. The predicted molar refractivity (Wildman–Crippen MR) is 107 cm³/mol. The fourth-order valence-corrected chi connectivity index (χ4v) is 6.07. The maximum atomic E-state index is 13.6. The van der Waals surface area contributed by atoms with Gasteiger partial charge in [-0.2, -0.15) is 5.26 Å². The molecule has 10 heteroatoms. The number of carbonyl (C=O) groups excluding carboxylic acids is 6. The van der Waals surface area contributed by atoms with Crippen LogP contribution in [0.4, 0.5) is 0 Å². The minimum Gasteiger partial charge on any atom is -0.507 e. The van der Waals surface area contributed by atoms with Gasteiger partial charge in [0, 0.05) is 18.8 Å². The Bertz CT molecular complexity index is 1200. The van der Waals surface area contributed by atoms with Crippen LogP contribution in [0.15, 0.2) is 18.2 Å². The number of Topliss-reactive ketones (excluding diaryl/α,β-unsaturated/α-hetero) is 5. The molecule has 3 aliphatic rings. The first-order valence-corrected chi connectivity index (χ1v) is 10.4. The second-order valence-electron chi connectivity index (χ2n) is 8.96. The van der Waals surface area contributed by atoms with Crippen molar-refractivity contribution in [3.05, 3.63) is 29.3 Å². The molecule has 33 heavy (non-hydrogen) atoms. The van der Waals surface area contributed by atoms with Gasteiger partial charge in [-0.25, -0.2) is 0 Å². The molecule has 1 aromatic carbocycles. The number of primary amides is 1. The van der Waals surface area contributed by atoms with Gasteiger partial charge in [0.15, 0.2) is 34.7 Å². The van der Waals surface area contributed by atoms with Crippen LogP contribution in [0, 0.1) is 40.9 Å². The van der Waals surface area contributed by atoms with E-state index in [0.29, 0.717) is 5.56 Å². The summed E-state index contributed by atoms with van der Waals surface area (Å²) in [6, 6.07) is 5.82. The third kappa shape index (κ3) is 2.89. The standard InChI is InChI=1S/C23H20N2O8/c1-8-10-3-2-4-13(27)16(10)19(29)18-15(8)11(5-9(26)7-24)12-6-14(28)17(22(25)32)20(30)23(12,33)21(18)31/h2-4,8,11-12,15,17-18,27,33H,5-6H2,1H3,(H2,25,32)/t8-,11+,12+,15-,17?,18?,23+/m0/s1. The summed E-state index contributed by atoms with van der Waals surface area (Å²) < 4.78 is 0. The minimum atomic E-state index is -2.91. The lowest BCUT2D eigenvalue weighted by Crippen LogP contribution is -2.71. The number of aliphatic hydroxyl groups is 1. The molecule has 3 aliphatic carbocycles. The molecule has 2 saturated carbocycles. The fourth-order valence-electron chi connectivity index (χ4n) is 6.07. The van der Waals surface area contributed by atoms with E-state index in [1.165, 1.54) is 18.2 Å². The number of aromatic hydroxyl groups is 1. The van der Waals surface area contributed by atoms with Crippen molar-refractivity contribution >= 4 is 34.8 Å². The summed E-state index contributed by atoms with van der Waals surface area (Å²) in [5.41, 5.74) is 2.55. The van der Waals surface area contributed by atoms with Gasteiger partial charge in [0.05, 0.1) is 11.5 Å². The minimum absolute atomic E-state index is 0.127. The lowest BCUT2D eigenvalue weighted by atomic mass is 9.47. The Hall–Kier alpha value is -3.71. The van der Waals surface area contributed by atoms with Gasteiger partial charge >= 0.3 is 0 Å². The van der Waals surface area contributed by atoms with E-state index in [-0.39, 0.29) is 11.3 Å². The number of amides is 1. The first-order chi connectivity index (χ1) is 15.5. The van der Waals surface area contributed by atoms with Gasteiger partial charge in [0.1, 0.15) is 11.8 Å². The molecule has 10 nitrogen and oxygen atoms in total. The SMILES string of the molecule is C[C@H]1c2cccc(O)c2C(=O)C2C(=O)[C@]3(O)C(=O)C(C(N)=O)C(=O)C[C@@H]3[C@@H](CC(=O)C#N)[C@@H]21. The lowest BCUT2D eigenvalue weighted by molar-refractivity contribution is -0.183. The van der Waals surface area contributed by atoms with Gasteiger partial charge in [-0.1, -0.05) is 19.1 Å². The van der Waals surface area contributed by atoms with Crippen LogP contribution >= 0.6 is 0 Å². The summed E-state index contributed by atoms with van der Waals surface area (Å²) in [6.07, 6.45) is -1.10. The molecule has 0 heterocycles. The molecule has 1 amide bonds. The molecule has 0 radical (unpaired) electrons. The zero-order valence-electron chi connectivity index (χ0n) is 17.5. The first-order valence-electron chi connectivity index (χ1n) is 10.4. The Morgan fingerprint density at radius 1 is 1.21 bits per heavy atom. The largest absolute Gasteiger partial charge is 0.507 e. The number of hydrogen-bond acceptors (Lipinski definition) is 9. The van der Waals surface area contributed by atoms with Crippen LogP contribution in [0.2, 0.25) is 0 Å². The van der Waals surface area contributed by atoms with Gasteiger partial charge in [0.2, 0.25) is 11.7 Å². The van der Waals surface area contributed by atoms with Crippen molar-refractivity contribution < 1.29 is 39.0 Å². The Balaban J connectivity index is 1.96. The van der Waals surface area contributed by atoms with E-state index in [0.717, 1.165) is 0 Å². The second-order valence-corrected chi connectivity index (χ2v) is 8.96. The number of nitrogens with two attached hydrogens (primary N) is 1. The van der Waals surface area contributed by atoms with Crippen molar-refractivity contribution in [3.8, 4) is 11.8 Å². The normalized spacial score (nSPS) is 35.2. The monoisotopic (exact) mass is 452 g/mol. The maximum absolute atomic E-state index is 13.6. The van der Waals surface area contributed by atoms with E-state index in [1.807, 2.05) is 0 Å². The third-order valence-corrected chi connectivity index (χ3v) is 7.47. The van der Waals surface area contributed by atoms with Crippen molar-refractivity contribution in [2.24, 2.45) is 35.3 Å². The smallest absolute Gasteiger partial charge is 0.235 e. The summed E-state index contributed by atoms with van der Waals surface area (Å²) in [6.45, 7) is 1.67. The molecular formula is C23H20N2O8. The first kappa shape index (κ1) is 22.5. The van der Waals surface area contributed by atoms with E-state index in [2.05, 4.69) is 0 Å². The maximum Gasteiger partial charge on any atom is 0.235 e. The molecule has 0 spiro atoms. The highest BCUT2D eigenvalue weighted by Crippen LogP contribution is 2.57. The predicted octanol–water partition coefficient (Wildman–Crippen LogP) is -0.403. The molecule has 0 aliphatic heterocycles. The highest BCUT2D eigenvalue weighted by molar-refractivity contribution is 6.31. The highest BCUT2D eigenvalue weighted by Gasteiger charge is 2.69. The number of ketones is 5. The van der Waals surface area contributed by atoms with Crippen LogP contribution in [0.1, 0.15) is 41.6 Å². The van der Waals surface area contributed by atoms with E-state index in [1.54, 1.807) is 13.0 Å². The fraction of sp³-hybridized carbons (Fsp3) is 0.435. The number of phenolic OH excluding ortho intramolecular Hbond substituents is 1. The van der Waals surface area contributed by atoms with Crippen LogP contribution in [0.5, 0.6) is 5.75 Å². The number of hydrogen-bond donors (Lipinski definition) is 3. The van der Waals surface area contributed by atoms with Crippen molar-refractivity contribution in [2.75, 3.05) is 0 Å². The molecule has 0 saturated heterocycles. The van der Waals surface area contributed by atoms with Crippen LogP contribution in [0.25, 0.3) is 0 Å². The van der Waals surface area contributed by atoms with Gasteiger partial charge in [-0.15, -0.1) is 0 Å². The number of nitriles is 1. The number of nitrogens with zero attached hydrogens (tertiary/aromatic N) is 1. The van der Waals surface area contributed by atoms with Gasteiger partial charge in [-0.05, 0) is 29.4 Å². The molecule has 7 atom stereocenters. The van der Waals surface area contributed by atoms with Crippen LogP contribution in [-0.4, -0.2) is 50.6 Å². The molecule has 2 fully saturated rings. The topological polar surface area (TPSA) is 193 Å². The summed E-state index contributed by atoms with van der Waals surface area (Å²) in [7, 11) is 0. The number of phenols is 1. The zero-order valence-corrected chi connectivity index (χ0v) is 17.5. The molecule has 1 aromatic rings. The summed E-state index contributed by atoms with van der Waals surface area (Å²) in [5.74, 6) is -14.6. The lowest BCUT2D eigenvalue weighted by Gasteiger charge is -2.54. The average Bonchev–Trinajstić information content (AvgIpc) is 2.75. The Morgan fingerprint density at radius 3 is 2.48 bits per heavy atom. The molecule has 2 unspecified atom stereocenters. The summed E-state index contributed by atoms with van der Waals surface area (Å²) in [5, 5.41) is 30.8. The van der Waals surface area contributed by atoms with Crippen molar-refractivity contribution in [1.82, 2.24) is 0 Å². The van der Waals surface area contributed by atoms with E-state index in [4.69, 9.17) is 11.0 Å². The van der Waals surface area contributed by atoms with Crippen LogP contribution in [0.3, 0.4) is 0 Å². The Labute approximate surface area is 187 Å². The van der Waals surface area contributed by atoms with Crippen molar-refractivity contribution in [1.29, 1.82) is 5.26 Å². The molecule has 0 aromatic heterocycles. The number of benzene rings is 1. The molecule has 4 N–H and O–H groups in total. The number of carbonyl (C=O) groups is 6. The summed E-state index contributed by atoms with van der Waals surface area (Å²) in [4.78, 5) is 76.6. The highest BCUT2D eigenvalue weighted by atomic mass is 16.3. The van der Waals surface area contributed by atoms with Crippen LogP contribution in [-0.2, 0) is 24.0 Å². The van der Waals surface area contributed by atoms with Crippen molar-refractivity contribution in [3.63, 3.8) is 0 Å². The number of fused-ring (bicyclic) bond motifs is 3. The Kier molecular flexibility index (Phi) is 5.05. The molecule has 170 valence electrons. The van der Waals surface area contributed by atoms with Crippen molar-refractivity contribution in [2.45, 2.75) is 31.3 Å². The van der Waals surface area contributed by atoms with E-state index >= 15 is 0 Å². The second kappa shape index (κ2) is 7.42. The quantitative estimate of drug-likeness (QED) is 0.404. The summed E-state index contributed by atoms with van der Waals surface area (Å²) >= 11 is 0. The molecular weight excluding hydrogens is 432 g/mol. The van der Waals surface area contributed by atoms with Gasteiger partial charge in [-0.3, -0.25) is 28.8 Å². The van der Waals surface area contributed by atoms with Gasteiger partial charge < -0.3 is 15.9 Å². The van der Waals surface area contributed by atoms with E-state index < -0.39 is 88.8 Å². The third-order valence-electron chi connectivity index (χ3n) is 7.47. The van der Waals surface area contributed by atoms with Gasteiger partial charge in [0.25, 0.3) is 0 Å². The van der Waals surface area contributed by atoms with Crippen LogP contribution < -0.4 is 5.73 Å². The molecule has 0 bridgehead atoms. The Morgan fingerprint density at radius 2 is 1.88 bits per heavy atom. The zero-order chi connectivity index (χ0) is 24.4. The number of rotatable bonds is 3.